The largest absolute Gasteiger partial charge is 0.439 e. The third-order valence-electron chi connectivity index (χ3n) is 1.48. The maximum atomic E-state index is 11.7. The first-order chi connectivity index (χ1) is 7.83. The lowest BCUT2D eigenvalue weighted by Gasteiger charge is -2.16. The van der Waals surface area contributed by atoms with E-state index in [1.165, 1.54) is 13.6 Å². The van der Waals surface area contributed by atoms with Gasteiger partial charge in [-0.15, -0.1) is 0 Å². The minimum absolute atomic E-state index is 0.0576. The van der Waals surface area contributed by atoms with Crippen molar-refractivity contribution >= 4 is 13.3 Å². The first-order valence-corrected chi connectivity index (χ1v) is 7.63. The van der Waals surface area contributed by atoms with E-state index in [2.05, 4.69) is 4.74 Å². The van der Waals surface area contributed by atoms with Gasteiger partial charge in [0.2, 0.25) is 7.37 Å². The van der Waals surface area contributed by atoms with Crippen molar-refractivity contribution < 1.29 is 28.1 Å². The smallest absolute Gasteiger partial charge is 0.304 e. The van der Waals surface area contributed by atoms with Gasteiger partial charge in [-0.2, -0.15) is 0 Å². The molecule has 0 aromatic heterocycles. The summed E-state index contributed by atoms with van der Waals surface area (Å²) in [5.74, 6) is -0.394. The Hall–Kier alpha value is -0.420. The second kappa shape index (κ2) is 8.64. The summed E-state index contributed by atoms with van der Waals surface area (Å²) in [6.45, 7) is 6.93. The molecule has 0 aliphatic carbocycles. The summed E-state index contributed by atoms with van der Waals surface area (Å²) >= 11 is 0. The first-order valence-electron chi connectivity index (χ1n) is 5.37. The van der Waals surface area contributed by atoms with Crippen LogP contribution >= 0.6 is 7.37 Å². The topological polar surface area (TPSA) is 71.1 Å². The van der Waals surface area contributed by atoms with E-state index in [1.54, 1.807) is 0 Å². The average Bonchev–Trinajstić information content (AvgIpc) is 2.13. The molecule has 0 aliphatic rings. The summed E-state index contributed by atoms with van der Waals surface area (Å²) in [7, 11) is -2.68. The van der Waals surface area contributed by atoms with Gasteiger partial charge in [-0.3, -0.25) is 9.36 Å². The molecular weight excluding hydrogens is 247 g/mol. The Morgan fingerprint density at radius 1 is 1.24 bits per heavy atom. The van der Waals surface area contributed by atoms with Crippen LogP contribution in [0.5, 0.6) is 0 Å². The van der Waals surface area contributed by atoms with Gasteiger partial charge in [0.15, 0.2) is 6.79 Å². The van der Waals surface area contributed by atoms with Crippen molar-refractivity contribution in [1.29, 1.82) is 0 Å². The van der Waals surface area contributed by atoms with Gasteiger partial charge in [0.05, 0.1) is 19.3 Å². The van der Waals surface area contributed by atoms with E-state index in [4.69, 9.17) is 14.0 Å². The number of carbonyl (C=O) groups is 1. The van der Waals surface area contributed by atoms with Gasteiger partial charge < -0.3 is 18.7 Å². The lowest BCUT2D eigenvalue weighted by molar-refractivity contribution is -0.154. The van der Waals surface area contributed by atoms with Crippen LogP contribution in [0.25, 0.3) is 0 Å². The number of hydrogen-bond donors (Lipinski definition) is 0. The highest BCUT2D eigenvalue weighted by atomic mass is 31.2. The molecule has 0 heterocycles. The van der Waals surface area contributed by atoms with Crippen LogP contribution in [0, 0.1) is 0 Å². The molecule has 0 bridgehead atoms. The first kappa shape index (κ1) is 16.6. The summed E-state index contributed by atoms with van der Waals surface area (Å²) in [6.07, 6.45) is -0.0306. The van der Waals surface area contributed by atoms with E-state index < -0.39 is 13.3 Å². The average molecular weight is 268 g/mol. The lowest BCUT2D eigenvalue weighted by Crippen LogP contribution is -2.11. The molecule has 0 aromatic rings. The molecule has 7 heteroatoms. The van der Waals surface area contributed by atoms with Crippen LogP contribution in [-0.2, 0) is 28.1 Å². The van der Waals surface area contributed by atoms with Crippen LogP contribution in [0.4, 0.5) is 0 Å². The number of rotatable bonds is 9. The molecule has 0 spiro atoms. The van der Waals surface area contributed by atoms with E-state index >= 15 is 0 Å². The maximum absolute atomic E-state index is 11.7. The predicted octanol–water partition coefficient (Wildman–Crippen LogP) is 1.83. The minimum atomic E-state index is -2.68. The zero-order valence-corrected chi connectivity index (χ0v) is 11.7. The molecule has 0 saturated heterocycles. The van der Waals surface area contributed by atoms with E-state index in [9.17, 15) is 9.36 Å². The van der Waals surface area contributed by atoms with Gasteiger partial charge in [0.25, 0.3) is 0 Å². The van der Waals surface area contributed by atoms with Crippen molar-refractivity contribution in [3.63, 3.8) is 0 Å². The van der Waals surface area contributed by atoms with Crippen molar-refractivity contribution in [2.24, 2.45) is 0 Å². The van der Waals surface area contributed by atoms with Gasteiger partial charge in [-0.05, 0) is 13.8 Å². The molecule has 0 fully saturated rings. The number of hydrogen-bond acceptors (Lipinski definition) is 6. The zero-order chi connectivity index (χ0) is 13.3. The van der Waals surface area contributed by atoms with Gasteiger partial charge >= 0.3 is 5.97 Å². The maximum Gasteiger partial charge on any atom is 0.304 e. The van der Waals surface area contributed by atoms with Gasteiger partial charge in [-0.1, -0.05) is 0 Å². The fourth-order valence-electron chi connectivity index (χ4n) is 1.01. The Morgan fingerprint density at radius 3 is 2.35 bits per heavy atom. The molecule has 1 unspecified atom stereocenters. The van der Waals surface area contributed by atoms with E-state index in [0.29, 0.717) is 0 Å². The van der Waals surface area contributed by atoms with Crippen molar-refractivity contribution in [3.05, 3.63) is 0 Å². The molecule has 6 nitrogen and oxygen atoms in total. The van der Waals surface area contributed by atoms with E-state index in [0.717, 1.165) is 0 Å². The van der Waals surface area contributed by atoms with E-state index in [-0.39, 0.29) is 32.5 Å². The summed E-state index contributed by atoms with van der Waals surface area (Å²) in [5, 5.41) is 0. The Labute approximate surface area is 102 Å². The van der Waals surface area contributed by atoms with Crippen molar-refractivity contribution in [3.8, 4) is 0 Å². The molecule has 0 saturated carbocycles. The van der Waals surface area contributed by atoms with Gasteiger partial charge in [0.1, 0.15) is 6.35 Å². The van der Waals surface area contributed by atoms with Crippen molar-refractivity contribution in [2.75, 3.05) is 33.0 Å². The molecule has 0 radical (unpaired) electrons. The Kier molecular flexibility index (Phi) is 8.43. The van der Waals surface area contributed by atoms with Crippen LogP contribution in [0.1, 0.15) is 20.8 Å². The Balaban J connectivity index is 3.45. The Bertz CT molecular complexity index is 266. The molecule has 0 aliphatic heterocycles. The normalized spacial score (nSPS) is 14.6. The SMILES string of the molecule is CC(=O)OCOCCOCP(C)(=O)OC(C)C. The highest BCUT2D eigenvalue weighted by Gasteiger charge is 2.17. The fourth-order valence-corrected chi connectivity index (χ4v) is 2.42. The van der Waals surface area contributed by atoms with E-state index in [1.807, 2.05) is 13.8 Å². The lowest BCUT2D eigenvalue weighted by atomic mass is 10.5. The van der Waals surface area contributed by atoms with Crippen LogP contribution < -0.4 is 0 Å². The standard InChI is InChI=1S/C10H21O6P/c1-9(2)16-17(4,12)8-14-6-5-13-7-15-10(3)11/h9H,5-8H2,1-4H3. The third kappa shape index (κ3) is 11.8. The third-order valence-corrected chi connectivity index (χ3v) is 3.00. The van der Waals surface area contributed by atoms with Crippen LogP contribution in [0.3, 0.4) is 0 Å². The highest BCUT2D eigenvalue weighted by molar-refractivity contribution is 7.57. The summed E-state index contributed by atoms with van der Waals surface area (Å²) in [5.41, 5.74) is 0. The molecular formula is C10H21O6P. The molecule has 17 heavy (non-hydrogen) atoms. The molecule has 102 valence electrons. The minimum Gasteiger partial charge on any atom is -0.439 e. The van der Waals surface area contributed by atoms with Crippen LogP contribution in [0.15, 0.2) is 0 Å². The van der Waals surface area contributed by atoms with Gasteiger partial charge in [-0.25, -0.2) is 0 Å². The highest BCUT2D eigenvalue weighted by Crippen LogP contribution is 2.43. The summed E-state index contributed by atoms with van der Waals surface area (Å²) in [4.78, 5) is 10.4. The molecule has 0 N–H and O–H groups in total. The monoisotopic (exact) mass is 268 g/mol. The number of ether oxygens (including phenoxy) is 3. The fraction of sp³-hybridized carbons (Fsp3) is 0.900. The molecule has 1 atom stereocenters. The van der Waals surface area contributed by atoms with Gasteiger partial charge in [0, 0.05) is 13.6 Å². The second-order valence-corrected chi connectivity index (χ2v) is 6.36. The summed E-state index contributed by atoms with van der Waals surface area (Å²) in [6, 6.07) is 0. The summed E-state index contributed by atoms with van der Waals surface area (Å²) < 4.78 is 31.6. The van der Waals surface area contributed by atoms with Crippen LogP contribution in [-0.4, -0.2) is 45.1 Å². The number of carbonyl (C=O) groups excluding carboxylic acids is 1. The van der Waals surface area contributed by atoms with Crippen molar-refractivity contribution in [1.82, 2.24) is 0 Å². The Morgan fingerprint density at radius 2 is 1.82 bits per heavy atom. The predicted molar refractivity (Wildman–Crippen MR) is 63.2 cm³/mol. The number of esters is 1. The quantitative estimate of drug-likeness (QED) is 0.275. The molecule has 0 amide bonds. The van der Waals surface area contributed by atoms with Crippen molar-refractivity contribution in [2.45, 2.75) is 26.9 Å². The molecule has 0 aromatic carbocycles. The van der Waals surface area contributed by atoms with Crippen LogP contribution in [0.2, 0.25) is 0 Å². The second-order valence-electron chi connectivity index (χ2n) is 3.87. The molecule has 0 rings (SSSR count). The zero-order valence-electron chi connectivity index (χ0n) is 10.8.